The largest absolute Gasteiger partial charge is 0.471 e. The van der Waals surface area contributed by atoms with E-state index < -0.39 is 17.6 Å². The number of hydrogen-bond donors (Lipinski definition) is 1. The number of amides is 1. The second-order valence-electron chi connectivity index (χ2n) is 5.82. The van der Waals surface area contributed by atoms with Gasteiger partial charge in [0, 0.05) is 18.6 Å². The van der Waals surface area contributed by atoms with Gasteiger partial charge in [0.2, 0.25) is 0 Å². The summed E-state index contributed by atoms with van der Waals surface area (Å²) in [6, 6.07) is 5.96. The second-order valence-corrected chi connectivity index (χ2v) is 5.82. The average Bonchev–Trinajstić information content (AvgIpc) is 2.36. The number of rotatable bonds is 1. The number of nitrogens with two attached hydrogens (primary N) is 1. The number of benzene rings is 1. The van der Waals surface area contributed by atoms with E-state index in [-0.39, 0.29) is 13.1 Å². The molecular formula is C15H19F3N2O. The Bertz CT molecular complexity index is 526. The van der Waals surface area contributed by atoms with E-state index in [0.717, 1.165) is 21.6 Å². The second kappa shape index (κ2) is 5.33. The van der Waals surface area contributed by atoms with Gasteiger partial charge in [-0.05, 0) is 32.3 Å². The van der Waals surface area contributed by atoms with Gasteiger partial charge >= 0.3 is 12.1 Å². The third-order valence-corrected chi connectivity index (χ3v) is 3.98. The molecule has 1 saturated heterocycles. The monoisotopic (exact) mass is 300 g/mol. The molecular weight excluding hydrogens is 281 g/mol. The van der Waals surface area contributed by atoms with E-state index in [0.29, 0.717) is 12.8 Å². The summed E-state index contributed by atoms with van der Waals surface area (Å²) in [5.74, 6) is -1.77. The molecule has 0 spiro atoms. The van der Waals surface area contributed by atoms with Gasteiger partial charge in [-0.25, -0.2) is 0 Å². The molecule has 1 amide bonds. The summed E-state index contributed by atoms with van der Waals surface area (Å²) < 4.78 is 37.3. The summed E-state index contributed by atoms with van der Waals surface area (Å²) >= 11 is 0. The Hall–Kier alpha value is -1.56. The van der Waals surface area contributed by atoms with Crippen molar-refractivity contribution in [3.63, 3.8) is 0 Å². The van der Waals surface area contributed by atoms with Crippen LogP contribution in [-0.2, 0) is 10.3 Å². The van der Waals surface area contributed by atoms with E-state index in [2.05, 4.69) is 0 Å². The number of alkyl halides is 3. The van der Waals surface area contributed by atoms with Crippen molar-refractivity contribution in [2.24, 2.45) is 5.73 Å². The molecule has 3 nitrogen and oxygen atoms in total. The average molecular weight is 300 g/mol. The minimum Gasteiger partial charge on any atom is -0.335 e. The van der Waals surface area contributed by atoms with Crippen molar-refractivity contribution in [2.75, 3.05) is 13.1 Å². The number of aryl methyl sites for hydroxylation is 2. The Morgan fingerprint density at radius 3 is 2.05 bits per heavy atom. The Labute approximate surface area is 121 Å². The minimum absolute atomic E-state index is 0.0296. The highest BCUT2D eigenvalue weighted by atomic mass is 19.4. The lowest BCUT2D eigenvalue weighted by atomic mass is 9.80. The summed E-state index contributed by atoms with van der Waals surface area (Å²) in [7, 11) is 0. The summed E-state index contributed by atoms with van der Waals surface area (Å²) in [5.41, 5.74) is 8.78. The van der Waals surface area contributed by atoms with Crippen LogP contribution in [0.1, 0.15) is 29.5 Å². The Morgan fingerprint density at radius 1 is 1.14 bits per heavy atom. The predicted molar refractivity (Wildman–Crippen MR) is 73.7 cm³/mol. The van der Waals surface area contributed by atoms with Crippen LogP contribution in [0.4, 0.5) is 13.2 Å². The maximum absolute atomic E-state index is 12.4. The molecule has 0 aromatic heterocycles. The molecule has 1 aromatic carbocycles. The molecule has 21 heavy (non-hydrogen) atoms. The van der Waals surface area contributed by atoms with Crippen molar-refractivity contribution in [3.05, 3.63) is 34.9 Å². The molecule has 0 bridgehead atoms. The van der Waals surface area contributed by atoms with Crippen LogP contribution in [0.25, 0.3) is 0 Å². The van der Waals surface area contributed by atoms with Crippen molar-refractivity contribution in [1.29, 1.82) is 0 Å². The van der Waals surface area contributed by atoms with E-state index in [1.54, 1.807) is 0 Å². The summed E-state index contributed by atoms with van der Waals surface area (Å²) in [6.45, 7) is 3.98. The molecule has 2 N–H and O–H groups in total. The lowest BCUT2D eigenvalue weighted by Gasteiger charge is -2.40. The lowest BCUT2D eigenvalue weighted by Crippen LogP contribution is -2.52. The SMILES string of the molecule is Cc1cc(C)cc(C2(N)CCN(C(=O)C(F)(F)F)CC2)c1. The van der Waals surface area contributed by atoms with Crippen LogP contribution in [0.2, 0.25) is 0 Å². The summed E-state index contributed by atoms with van der Waals surface area (Å²) in [6.07, 6.45) is -4.15. The first-order chi connectivity index (χ1) is 9.62. The standard InChI is InChI=1S/C15H19F3N2O/c1-10-7-11(2)9-12(8-10)14(19)3-5-20(6-4-14)13(21)15(16,17)18/h7-9H,3-6,19H2,1-2H3. The van der Waals surface area contributed by atoms with E-state index in [1.807, 2.05) is 32.0 Å². The van der Waals surface area contributed by atoms with Crippen LogP contribution in [0.15, 0.2) is 18.2 Å². The highest BCUT2D eigenvalue weighted by molar-refractivity contribution is 5.82. The van der Waals surface area contributed by atoms with E-state index in [1.165, 1.54) is 0 Å². The van der Waals surface area contributed by atoms with Crippen LogP contribution in [0.3, 0.4) is 0 Å². The Morgan fingerprint density at radius 2 is 1.62 bits per heavy atom. The first-order valence-electron chi connectivity index (χ1n) is 6.85. The first kappa shape index (κ1) is 15.8. The zero-order valence-corrected chi connectivity index (χ0v) is 12.1. The molecule has 6 heteroatoms. The van der Waals surface area contributed by atoms with Gasteiger partial charge in [0.25, 0.3) is 0 Å². The maximum atomic E-state index is 12.4. The van der Waals surface area contributed by atoms with Gasteiger partial charge in [-0.3, -0.25) is 4.79 Å². The fraction of sp³-hybridized carbons (Fsp3) is 0.533. The summed E-state index contributed by atoms with van der Waals surface area (Å²) in [5, 5.41) is 0. The fourth-order valence-corrected chi connectivity index (χ4v) is 2.84. The smallest absolute Gasteiger partial charge is 0.335 e. The number of nitrogens with zero attached hydrogens (tertiary/aromatic N) is 1. The quantitative estimate of drug-likeness (QED) is 0.866. The highest BCUT2D eigenvalue weighted by Crippen LogP contribution is 2.33. The topological polar surface area (TPSA) is 46.3 Å². The lowest BCUT2D eigenvalue weighted by molar-refractivity contribution is -0.186. The number of piperidine rings is 1. The van der Waals surface area contributed by atoms with Crippen LogP contribution >= 0.6 is 0 Å². The number of carbonyl (C=O) groups excluding carboxylic acids is 1. The third-order valence-electron chi connectivity index (χ3n) is 3.98. The molecule has 116 valence electrons. The van der Waals surface area contributed by atoms with Crippen molar-refractivity contribution < 1.29 is 18.0 Å². The number of likely N-dealkylation sites (tertiary alicyclic amines) is 1. The Balaban J connectivity index is 2.13. The van der Waals surface area contributed by atoms with Gasteiger partial charge in [0.15, 0.2) is 0 Å². The number of carbonyl (C=O) groups is 1. The summed E-state index contributed by atoms with van der Waals surface area (Å²) in [4.78, 5) is 12.1. The van der Waals surface area contributed by atoms with Gasteiger partial charge in [-0.1, -0.05) is 29.3 Å². The van der Waals surface area contributed by atoms with Gasteiger partial charge in [-0.2, -0.15) is 13.2 Å². The van der Waals surface area contributed by atoms with Gasteiger partial charge in [-0.15, -0.1) is 0 Å². The van der Waals surface area contributed by atoms with Crippen molar-refractivity contribution in [2.45, 2.75) is 38.4 Å². The van der Waals surface area contributed by atoms with Crippen molar-refractivity contribution in [3.8, 4) is 0 Å². The van der Waals surface area contributed by atoms with E-state index in [9.17, 15) is 18.0 Å². The van der Waals surface area contributed by atoms with Crippen molar-refractivity contribution in [1.82, 2.24) is 4.90 Å². The van der Waals surface area contributed by atoms with E-state index >= 15 is 0 Å². The first-order valence-corrected chi connectivity index (χ1v) is 6.85. The Kier molecular flexibility index (Phi) is 4.02. The molecule has 1 heterocycles. The van der Waals surface area contributed by atoms with Crippen LogP contribution in [0, 0.1) is 13.8 Å². The van der Waals surface area contributed by atoms with Crippen LogP contribution in [-0.4, -0.2) is 30.1 Å². The molecule has 2 rings (SSSR count). The fourth-order valence-electron chi connectivity index (χ4n) is 2.84. The maximum Gasteiger partial charge on any atom is 0.471 e. The van der Waals surface area contributed by atoms with Crippen molar-refractivity contribution >= 4 is 5.91 Å². The molecule has 0 aliphatic carbocycles. The van der Waals surface area contributed by atoms with E-state index in [4.69, 9.17) is 5.73 Å². The molecule has 1 fully saturated rings. The molecule has 1 aliphatic rings. The zero-order valence-electron chi connectivity index (χ0n) is 12.1. The molecule has 0 saturated carbocycles. The van der Waals surface area contributed by atoms with Gasteiger partial charge in [0.05, 0.1) is 0 Å². The molecule has 0 atom stereocenters. The van der Waals surface area contributed by atoms with Crippen LogP contribution in [0.5, 0.6) is 0 Å². The predicted octanol–water partition coefficient (Wildman–Crippen LogP) is 2.64. The van der Waals surface area contributed by atoms with Gasteiger partial charge in [0.1, 0.15) is 0 Å². The highest BCUT2D eigenvalue weighted by Gasteiger charge is 2.45. The molecule has 0 unspecified atom stereocenters. The zero-order chi connectivity index (χ0) is 15.8. The minimum atomic E-state index is -4.81. The molecule has 1 aliphatic heterocycles. The molecule has 0 radical (unpaired) electrons. The van der Waals surface area contributed by atoms with Crippen LogP contribution < -0.4 is 5.73 Å². The number of halogens is 3. The molecule has 1 aromatic rings. The van der Waals surface area contributed by atoms with Gasteiger partial charge < -0.3 is 10.6 Å². The normalized spacial score (nSPS) is 18.7. The third kappa shape index (κ3) is 3.37. The number of hydrogen-bond acceptors (Lipinski definition) is 2.